The molecule has 1 aromatic rings. The standard InChI is InChI=1S/C15H24N2O2/c1-4-7-8-12-11-14(17(18)19)9-10-15(12)16-13(5-2)6-3/h9-11,13,16H,4-8H2,1-3H3. The summed E-state index contributed by atoms with van der Waals surface area (Å²) >= 11 is 0. The number of benzene rings is 1. The molecule has 106 valence electrons. The van der Waals surface area contributed by atoms with E-state index in [4.69, 9.17) is 0 Å². The largest absolute Gasteiger partial charge is 0.382 e. The fraction of sp³-hybridized carbons (Fsp3) is 0.600. The van der Waals surface area contributed by atoms with Gasteiger partial charge in [0, 0.05) is 23.9 Å². The van der Waals surface area contributed by atoms with Crippen molar-refractivity contribution in [2.45, 2.75) is 58.9 Å². The maximum atomic E-state index is 10.9. The van der Waals surface area contributed by atoms with Gasteiger partial charge in [0.1, 0.15) is 0 Å². The van der Waals surface area contributed by atoms with Crippen molar-refractivity contribution in [2.24, 2.45) is 0 Å². The zero-order chi connectivity index (χ0) is 14.3. The zero-order valence-electron chi connectivity index (χ0n) is 12.1. The third-order valence-corrected chi connectivity index (χ3v) is 3.44. The Morgan fingerprint density at radius 2 is 1.95 bits per heavy atom. The molecular formula is C15H24N2O2. The number of non-ortho nitro benzene ring substituents is 1. The normalized spacial score (nSPS) is 10.7. The Morgan fingerprint density at radius 3 is 2.47 bits per heavy atom. The first-order valence-electron chi connectivity index (χ1n) is 7.16. The van der Waals surface area contributed by atoms with Gasteiger partial charge in [0.2, 0.25) is 0 Å². The minimum atomic E-state index is -0.323. The van der Waals surface area contributed by atoms with Gasteiger partial charge in [0.15, 0.2) is 0 Å². The lowest BCUT2D eigenvalue weighted by molar-refractivity contribution is -0.384. The molecule has 0 amide bonds. The van der Waals surface area contributed by atoms with Gasteiger partial charge in [0.05, 0.1) is 4.92 Å². The van der Waals surface area contributed by atoms with E-state index in [9.17, 15) is 10.1 Å². The molecule has 19 heavy (non-hydrogen) atoms. The highest BCUT2D eigenvalue weighted by Crippen LogP contribution is 2.25. The van der Waals surface area contributed by atoms with E-state index >= 15 is 0 Å². The number of nitrogens with one attached hydrogen (secondary N) is 1. The zero-order valence-corrected chi connectivity index (χ0v) is 12.1. The first-order valence-corrected chi connectivity index (χ1v) is 7.16. The first kappa shape index (κ1) is 15.5. The average molecular weight is 264 g/mol. The maximum Gasteiger partial charge on any atom is 0.269 e. The van der Waals surface area contributed by atoms with Crippen LogP contribution in [0.15, 0.2) is 18.2 Å². The summed E-state index contributed by atoms with van der Waals surface area (Å²) in [7, 11) is 0. The third-order valence-electron chi connectivity index (χ3n) is 3.44. The van der Waals surface area contributed by atoms with Crippen LogP contribution >= 0.6 is 0 Å². The summed E-state index contributed by atoms with van der Waals surface area (Å²) in [4.78, 5) is 10.5. The molecule has 0 aliphatic rings. The number of nitrogens with zero attached hydrogens (tertiary/aromatic N) is 1. The van der Waals surface area contributed by atoms with E-state index in [1.807, 2.05) is 6.07 Å². The van der Waals surface area contributed by atoms with Crippen molar-refractivity contribution < 1.29 is 4.92 Å². The maximum absolute atomic E-state index is 10.9. The Balaban J connectivity index is 2.97. The Hall–Kier alpha value is -1.58. The van der Waals surface area contributed by atoms with Crippen LogP contribution in [0.1, 0.15) is 52.0 Å². The average Bonchev–Trinajstić information content (AvgIpc) is 2.42. The highest BCUT2D eigenvalue weighted by molar-refractivity contribution is 5.56. The van der Waals surface area contributed by atoms with Gasteiger partial charge < -0.3 is 5.32 Å². The van der Waals surface area contributed by atoms with Crippen LogP contribution in [0.2, 0.25) is 0 Å². The number of aryl methyl sites for hydroxylation is 1. The summed E-state index contributed by atoms with van der Waals surface area (Å²) < 4.78 is 0. The number of hydrogen-bond acceptors (Lipinski definition) is 3. The number of unbranched alkanes of at least 4 members (excludes halogenated alkanes) is 1. The van der Waals surface area contributed by atoms with Gasteiger partial charge in [-0.2, -0.15) is 0 Å². The van der Waals surface area contributed by atoms with Crippen LogP contribution in [-0.2, 0) is 6.42 Å². The number of hydrogen-bond donors (Lipinski definition) is 1. The van der Waals surface area contributed by atoms with E-state index in [-0.39, 0.29) is 10.6 Å². The van der Waals surface area contributed by atoms with Crippen molar-refractivity contribution in [1.29, 1.82) is 0 Å². The molecular weight excluding hydrogens is 240 g/mol. The van der Waals surface area contributed by atoms with E-state index in [1.54, 1.807) is 12.1 Å². The Morgan fingerprint density at radius 1 is 1.26 bits per heavy atom. The molecule has 0 saturated heterocycles. The molecule has 1 rings (SSSR count). The summed E-state index contributed by atoms with van der Waals surface area (Å²) in [5.74, 6) is 0. The van der Waals surface area contributed by atoms with Crippen LogP contribution < -0.4 is 5.32 Å². The summed E-state index contributed by atoms with van der Waals surface area (Å²) in [6.07, 6.45) is 5.15. The highest BCUT2D eigenvalue weighted by atomic mass is 16.6. The Bertz CT molecular complexity index is 415. The molecule has 0 fully saturated rings. The van der Waals surface area contributed by atoms with E-state index in [1.165, 1.54) is 0 Å². The van der Waals surface area contributed by atoms with E-state index in [0.29, 0.717) is 6.04 Å². The minimum absolute atomic E-state index is 0.182. The van der Waals surface area contributed by atoms with Crippen molar-refractivity contribution in [3.8, 4) is 0 Å². The smallest absolute Gasteiger partial charge is 0.269 e. The second-order valence-corrected chi connectivity index (χ2v) is 4.86. The van der Waals surface area contributed by atoms with Crippen LogP contribution in [0.25, 0.3) is 0 Å². The van der Waals surface area contributed by atoms with Crippen LogP contribution in [-0.4, -0.2) is 11.0 Å². The fourth-order valence-electron chi connectivity index (χ4n) is 2.12. The van der Waals surface area contributed by atoms with Crippen molar-refractivity contribution in [3.05, 3.63) is 33.9 Å². The monoisotopic (exact) mass is 264 g/mol. The van der Waals surface area contributed by atoms with Gasteiger partial charge >= 0.3 is 0 Å². The topological polar surface area (TPSA) is 55.2 Å². The van der Waals surface area contributed by atoms with Gasteiger partial charge in [-0.15, -0.1) is 0 Å². The molecule has 1 aromatic carbocycles. The molecule has 0 spiro atoms. The molecule has 0 bridgehead atoms. The van der Waals surface area contributed by atoms with Crippen molar-refractivity contribution >= 4 is 11.4 Å². The molecule has 0 aliphatic heterocycles. The van der Waals surface area contributed by atoms with Gasteiger partial charge in [-0.05, 0) is 37.3 Å². The van der Waals surface area contributed by atoms with Gasteiger partial charge in [-0.1, -0.05) is 27.2 Å². The third kappa shape index (κ3) is 4.54. The summed E-state index contributed by atoms with van der Waals surface area (Å²) in [5, 5.41) is 14.4. The lowest BCUT2D eigenvalue weighted by atomic mass is 10.0. The molecule has 0 radical (unpaired) electrons. The van der Waals surface area contributed by atoms with Crippen LogP contribution in [0.3, 0.4) is 0 Å². The van der Waals surface area contributed by atoms with Gasteiger partial charge in [-0.25, -0.2) is 0 Å². The highest BCUT2D eigenvalue weighted by Gasteiger charge is 2.12. The predicted molar refractivity (Wildman–Crippen MR) is 79.7 cm³/mol. The molecule has 0 heterocycles. The molecule has 0 atom stereocenters. The predicted octanol–water partition coefficient (Wildman–Crippen LogP) is 4.54. The van der Waals surface area contributed by atoms with Gasteiger partial charge in [-0.3, -0.25) is 10.1 Å². The second-order valence-electron chi connectivity index (χ2n) is 4.86. The lowest BCUT2D eigenvalue weighted by Gasteiger charge is -2.19. The van der Waals surface area contributed by atoms with Crippen molar-refractivity contribution in [1.82, 2.24) is 0 Å². The number of anilines is 1. The van der Waals surface area contributed by atoms with E-state index in [2.05, 4.69) is 26.1 Å². The molecule has 1 N–H and O–H groups in total. The SMILES string of the molecule is CCCCc1cc([N+](=O)[O-])ccc1NC(CC)CC. The summed E-state index contributed by atoms with van der Waals surface area (Å²) in [5.41, 5.74) is 2.29. The number of nitro groups is 1. The number of nitro benzene ring substituents is 1. The molecule has 0 unspecified atom stereocenters. The fourth-order valence-corrected chi connectivity index (χ4v) is 2.12. The Labute approximate surface area is 115 Å². The van der Waals surface area contributed by atoms with E-state index < -0.39 is 0 Å². The molecule has 4 nitrogen and oxygen atoms in total. The van der Waals surface area contributed by atoms with Crippen LogP contribution in [0.5, 0.6) is 0 Å². The van der Waals surface area contributed by atoms with Crippen LogP contribution in [0, 0.1) is 10.1 Å². The van der Waals surface area contributed by atoms with Crippen molar-refractivity contribution in [2.75, 3.05) is 5.32 Å². The first-order chi connectivity index (χ1) is 9.12. The molecule has 0 aliphatic carbocycles. The Kier molecular flexibility index (Phi) is 6.33. The molecule has 0 saturated carbocycles. The number of rotatable bonds is 8. The summed E-state index contributed by atoms with van der Waals surface area (Å²) in [6.45, 7) is 6.43. The minimum Gasteiger partial charge on any atom is -0.382 e. The lowest BCUT2D eigenvalue weighted by Crippen LogP contribution is -2.18. The summed E-state index contributed by atoms with van der Waals surface area (Å²) in [6, 6.07) is 5.57. The quantitative estimate of drug-likeness (QED) is 0.554. The van der Waals surface area contributed by atoms with Crippen molar-refractivity contribution in [3.63, 3.8) is 0 Å². The van der Waals surface area contributed by atoms with Crippen LogP contribution in [0.4, 0.5) is 11.4 Å². The molecule has 4 heteroatoms. The van der Waals surface area contributed by atoms with Gasteiger partial charge in [0.25, 0.3) is 5.69 Å². The second kappa shape index (κ2) is 7.77. The molecule has 0 aromatic heterocycles. The van der Waals surface area contributed by atoms with E-state index in [0.717, 1.165) is 43.4 Å².